The highest BCUT2D eigenvalue weighted by Crippen LogP contribution is 2.50. The number of ether oxygens (including phenoxy) is 1. The first-order chi connectivity index (χ1) is 19.4. The summed E-state index contributed by atoms with van der Waals surface area (Å²) in [4.78, 5) is 24.4. The van der Waals surface area contributed by atoms with Crippen LogP contribution in [0, 0.1) is 17.2 Å². The van der Waals surface area contributed by atoms with E-state index in [9.17, 15) is 18.8 Å². The average Bonchev–Trinajstić information content (AvgIpc) is 3.35. The highest BCUT2D eigenvalue weighted by atomic mass is 19.3. The molecular weight excluding hydrogens is 514 g/mol. The molecule has 10 heteroatoms. The summed E-state index contributed by atoms with van der Waals surface area (Å²) in [7, 11) is 0. The van der Waals surface area contributed by atoms with Crippen molar-refractivity contribution in [1.82, 2.24) is 19.7 Å². The van der Waals surface area contributed by atoms with Crippen molar-refractivity contribution in [2.45, 2.75) is 44.4 Å². The van der Waals surface area contributed by atoms with E-state index in [-0.39, 0.29) is 31.1 Å². The molecule has 1 aliphatic heterocycles. The Balaban J connectivity index is 1.49. The van der Waals surface area contributed by atoms with E-state index in [1.165, 1.54) is 0 Å². The molecular formula is C30H28F2N6O2. The molecule has 2 fully saturated rings. The van der Waals surface area contributed by atoms with E-state index in [1.54, 1.807) is 23.9 Å². The van der Waals surface area contributed by atoms with Crippen LogP contribution in [-0.2, 0) is 4.74 Å². The summed E-state index contributed by atoms with van der Waals surface area (Å²) in [6, 6.07) is 17.1. The third kappa shape index (κ3) is 4.76. The van der Waals surface area contributed by atoms with Gasteiger partial charge in [-0.2, -0.15) is 10.4 Å². The van der Waals surface area contributed by atoms with Gasteiger partial charge in [0.15, 0.2) is 11.3 Å². The van der Waals surface area contributed by atoms with Gasteiger partial charge in [0.25, 0.3) is 0 Å². The van der Waals surface area contributed by atoms with Gasteiger partial charge in [-0.05, 0) is 55.7 Å². The second-order valence-corrected chi connectivity index (χ2v) is 10.4. The third-order valence-corrected chi connectivity index (χ3v) is 7.69. The third-order valence-electron chi connectivity index (χ3n) is 7.69. The van der Waals surface area contributed by atoms with Gasteiger partial charge < -0.3 is 9.64 Å². The minimum atomic E-state index is -2.73. The summed E-state index contributed by atoms with van der Waals surface area (Å²) in [6.45, 7) is 3.41. The number of benzene rings is 1. The molecule has 204 valence electrons. The fourth-order valence-electron chi connectivity index (χ4n) is 5.54. The molecule has 1 saturated carbocycles. The second kappa shape index (κ2) is 10.3. The molecule has 40 heavy (non-hydrogen) atoms. The molecule has 8 nitrogen and oxygen atoms in total. The molecule has 0 amide bonds. The first kappa shape index (κ1) is 25.9. The SMILES string of the molecule is CCOC(=O)c1cc(-c2ccc(N3CCC(C#N)CC3)nc2)c2c(C3CC(F)(F)C3)nn(-c3ccccc3)c2n1. The summed E-state index contributed by atoms with van der Waals surface area (Å²) in [5.74, 6) is -2.87. The predicted octanol–water partition coefficient (Wildman–Crippen LogP) is 5.91. The number of nitriles is 1. The van der Waals surface area contributed by atoms with E-state index in [0.29, 0.717) is 33.5 Å². The Labute approximate surface area is 230 Å². The van der Waals surface area contributed by atoms with Gasteiger partial charge in [0.2, 0.25) is 5.92 Å². The van der Waals surface area contributed by atoms with Gasteiger partial charge in [0.05, 0.1) is 29.4 Å². The zero-order valence-electron chi connectivity index (χ0n) is 22.1. The fraction of sp³-hybridized carbons (Fsp3) is 0.367. The minimum Gasteiger partial charge on any atom is -0.461 e. The van der Waals surface area contributed by atoms with Crippen molar-refractivity contribution in [1.29, 1.82) is 5.26 Å². The fourth-order valence-corrected chi connectivity index (χ4v) is 5.54. The van der Waals surface area contributed by atoms with Gasteiger partial charge >= 0.3 is 5.97 Å². The van der Waals surface area contributed by atoms with Crippen molar-refractivity contribution in [2.24, 2.45) is 5.92 Å². The molecule has 2 aliphatic rings. The number of anilines is 1. The molecule has 0 N–H and O–H groups in total. The van der Waals surface area contributed by atoms with E-state index in [1.807, 2.05) is 42.5 Å². The summed E-state index contributed by atoms with van der Waals surface area (Å²) in [5, 5.41) is 14.6. The van der Waals surface area contributed by atoms with Crippen molar-refractivity contribution in [3.63, 3.8) is 0 Å². The Kier molecular flexibility index (Phi) is 6.66. The molecule has 1 saturated heterocycles. The summed E-state index contributed by atoms with van der Waals surface area (Å²) in [5.41, 5.74) is 3.11. The maximum absolute atomic E-state index is 14.0. The molecule has 0 atom stereocenters. The molecule has 4 heterocycles. The van der Waals surface area contributed by atoms with Gasteiger partial charge in [0.1, 0.15) is 5.82 Å². The lowest BCUT2D eigenvalue weighted by atomic mass is 9.78. The lowest BCUT2D eigenvalue weighted by Crippen LogP contribution is -2.34. The number of alkyl halides is 2. The van der Waals surface area contributed by atoms with E-state index in [0.717, 1.165) is 31.7 Å². The summed E-state index contributed by atoms with van der Waals surface area (Å²) in [6.07, 6.45) is 2.74. The molecule has 3 aromatic heterocycles. The van der Waals surface area contributed by atoms with Gasteiger partial charge in [-0.25, -0.2) is 28.2 Å². The van der Waals surface area contributed by atoms with Crippen molar-refractivity contribution >= 4 is 22.8 Å². The lowest BCUT2D eigenvalue weighted by Gasteiger charge is -2.34. The van der Waals surface area contributed by atoms with Crippen molar-refractivity contribution < 1.29 is 18.3 Å². The molecule has 1 aromatic carbocycles. The number of carbonyl (C=O) groups is 1. The number of hydrogen-bond acceptors (Lipinski definition) is 7. The van der Waals surface area contributed by atoms with Crippen LogP contribution in [0.1, 0.15) is 54.7 Å². The zero-order valence-corrected chi connectivity index (χ0v) is 22.1. The molecule has 6 rings (SSSR count). The molecule has 4 aromatic rings. The van der Waals surface area contributed by atoms with Crippen LogP contribution < -0.4 is 4.90 Å². The highest BCUT2D eigenvalue weighted by Gasteiger charge is 2.48. The number of pyridine rings is 2. The van der Waals surface area contributed by atoms with Crippen LogP contribution in [0.25, 0.3) is 27.8 Å². The predicted molar refractivity (Wildman–Crippen MR) is 146 cm³/mol. The number of carbonyl (C=O) groups excluding carboxylic acids is 1. The molecule has 0 radical (unpaired) electrons. The Morgan fingerprint density at radius 3 is 2.52 bits per heavy atom. The van der Waals surface area contributed by atoms with Crippen LogP contribution in [0.2, 0.25) is 0 Å². The van der Waals surface area contributed by atoms with E-state index in [4.69, 9.17) is 14.8 Å². The maximum atomic E-state index is 14.0. The van der Waals surface area contributed by atoms with E-state index >= 15 is 0 Å². The number of hydrogen-bond donors (Lipinski definition) is 0. The first-order valence-electron chi connectivity index (χ1n) is 13.5. The Morgan fingerprint density at radius 2 is 1.90 bits per heavy atom. The number of piperidine rings is 1. The number of rotatable bonds is 6. The zero-order chi connectivity index (χ0) is 27.9. The molecule has 1 aliphatic carbocycles. The standard InChI is InChI=1S/C30H28F2N6O2/c1-2-40-29(39)24-14-23(20-8-9-25(34-18-20)37-12-10-19(17-33)11-13-37)26-27(21-15-30(31,32)16-21)36-38(28(26)35-24)22-6-4-3-5-7-22/h3-9,14,18-19,21H,2,10-13,15-16H2,1H3. The quantitative estimate of drug-likeness (QED) is 0.279. The number of nitrogens with zero attached hydrogens (tertiary/aromatic N) is 6. The number of para-hydroxylation sites is 1. The van der Waals surface area contributed by atoms with Crippen molar-refractivity contribution in [3.8, 4) is 22.9 Å². The Morgan fingerprint density at radius 1 is 1.15 bits per heavy atom. The monoisotopic (exact) mass is 542 g/mol. The first-order valence-corrected chi connectivity index (χ1v) is 13.5. The number of halogens is 2. The van der Waals surface area contributed by atoms with Crippen LogP contribution in [0.15, 0.2) is 54.7 Å². The van der Waals surface area contributed by atoms with E-state index in [2.05, 4.69) is 16.0 Å². The Hall–Kier alpha value is -4.39. The summed E-state index contributed by atoms with van der Waals surface area (Å²) < 4.78 is 34.9. The van der Waals surface area contributed by atoms with Gasteiger partial charge in [0, 0.05) is 49.5 Å². The van der Waals surface area contributed by atoms with Crippen LogP contribution in [0.5, 0.6) is 0 Å². The van der Waals surface area contributed by atoms with Crippen LogP contribution >= 0.6 is 0 Å². The van der Waals surface area contributed by atoms with Gasteiger partial charge in [-0.1, -0.05) is 18.2 Å². The largest absolute Gasteiger partial charge is 0.461 e. The van der Waals surface area contributed by atoms with Crippen LogP contribution in [0.4, 0.5) is 14.6 Å². The van der Waals surface area contributed by atoms with E-state index < -0.39 is 17.8 Å². The van der Waals surface area contributed by atoms with Gasteiger partial charge in [-0.3, -0.25) is 0 Å². The smallest absolute Gasteiger partial charge is 0.357 e. The van der Waals surface area contributed by atoms with Crippen molar-refractivity contribution in [2.75, 3.05) is 24.6 Å². The molecule has 0 spiro atoms. The summed E-state index contributed by atoms with van der Waals surface area (Å²) >= 11 is 0. The van der Waals surface area contributed by atoms with Crippen LogP contribution in [-0.4, -0.2) is 51.3 Å². The number of fused-ring (bicyclic) bond motifs is 1. The topological polar surface area (TPSA) is 96.9 Å². The average molecular weight is 543 g/mol. The normalized spacial score (nSPS) is 17.4. The minimum absolute atomic E-state index is 0.0698. The maximum Gasteiger partial charge on any atom is 0.357 e. The highest BCUT2D eigenvalue weighted by molar-refractivity contribution is 6.00. The molecule has 0 unspecified atom stereocenters. The second-order valence-electron chi connectivity index (χ2n) is 10.4. The van der Waals surface area contributed by atoms with Crippen molar-refractivity contribution in [3.05, 3.63) is 66.1 Å². The number of esters is 1. The molecule has 0 bridgehead atoms. The Bertz CT molecular complexity index is 1580. The van der Waals surface area contributed by atoms with Crippen LogP contribution in [0.3, 0.4) is 0 Å². The number of aromatic nitrogens is 4. The lowest BCUT2D eigenvalue weighted by molar-refractivity contribution is -0.0873. The van der Waals surface area contributed by atoms with Gasteiger partial charge in [-0.15, -0.1) is 0 Å².